The lowest BCUT2D eigenvalue weighted by Gasteiger charge is -2.45. The molecule has 16 aromatic rings. The molecule has 97 heavy (non-hydrogen) atoms. The summed E-state index contributed by atoms with van der Waals surface area (Å²) in [4.78, 5) is 27.1. The Morgan fingerprint density at radius 2 is 0.804 bits per heavy atom. The molecule has 13 aromatic carbocycles. The smallest absolute Gasteiger partial charge is 0.252 e. The van der Waals surface area contributed by atoms with E-state index in [1.165, 1.54) is 55.1 Å². The number of aromatic nitrogens is 5. The van der Waals surface area contributed by atoms with Crippen LogP contribution in [0.4, 0.5) is 34.1 Å². The van der Waals surface area contributed by atoms with Crippen molar-refractivity contribution in [2.75, 3.05) is 9.80 Å². The molecule has 0 bridgehead atoms. The Labute approximate surface area is 563 Å². The lowest BCUT2D eigenvalue weighted by Crippen LogP contribution is -2.61. The van der Waals surface area contributed by atoms with Crippen LogP contribution in [-0.2, 0) is 5.41 Å². The van der Waals surface area contributed by atoms with E-state index in [-0.39, 0.29) is 12.1 Å². The van der Waals surface area contributed by atoms with Gasteiger partial charge in [0.05, 0.1) is 45.2 Å². The molecule has 1 aliphatic carbocycles. The van der Waals surface area contributed by atoms with Crippen molar-refractivity contribution < 1.29 is 0 Å². The third-order valence-corrected chi connectivity index (χ3v) is 20.2. The van der Waals surface area contributed by atoms with Gasteiger partial charge in [0.2, 0.25) is 0 Å². The molecule has 2 aliphatic heterocycles. The Hall–Kier alpha value is -12.5. The predicted octanol–water partition coefficient (Wildman–Crippen LogP) is 20.4. The number of anilines is 6. The molecular weight excluding hydrogens is 1180 g/mol. The van der Waals surface area contributed by atoms with Crippen molar-refractivity contribution in [2.24, 2.45) is 0 Å². The van der Waals surface area contributed by atoms with E-state index in [4.69, 9.17) is 19.9 Å². The first kappa shape index (κ1) is 56.1. The highest BCUT2D eigenvalue weighted by Crippen LogP contribution is 2.53. The molecule has 7 nitrogen and oxygen atoms in total. The number of hydrogen-bond donors (Lipinski definition) is 0. The van der Waals surface area contributed by atoms with Crippen LogP contribution in [0, 0.1) is 0 Å². The molecule has 0 N–H and O–H groups in total. The van der Waals surface area contributed by atoms with Crippen LogP contribution in [0.25, 0.3) is 118 Å². The average molecular weight is 1240 g/mol. The summed E-state index contributed by atoms with van der Waals surface area (Å²) in [6.45, 7) is 4.68. The van der Waals surface area contributed by atoms with E-state index in [9.17, 15) is 0 Å². The molecular formula is C89H60BN7. The van der Waals surface area contributed by atoms with Crippen LogP contribution < -0.4 is 26.2 Å². The largest absolute Gasteiger partial charge is 0.311 e. The Balaban J connectivity index is 0.854. The van der Waals surface area contributed by atoms with Gasteiger partial charge in [-0.05, 0) is 135 Å². The van der Waals surface area contributed by atoms with Gasteiger partial charge in [-0.3, -0.25) is 0 Å². The second-order valence-electron chi connectivity index (χ2n) is 26.1. The number of fused-ring (bicyclic) bond motifs is 10. The summed E-state index contributed by atoms with van der Waals surface area (Å²) < 4.78 is 2.47. The second kappa shape index (κ2) is 22.3. The summed E-state index contributed by atoms with van der Waals surface area (Å²) in [6.07, 6.45) is 0. The normalized spacial score (nSPS) is 13.1. The van der Waals surface area contributed by atoms with Crippen LogP contribution in [0.2, 0.25) is 0 Å². The summed E-state index contributed by atoms with van der Waals surface area (Å²) in [5.41, 5.74) is 29.8. The Morgan fingerprint density at radius 3 is 1.49 bits per heavy atom. The summed E-state index contributed by atoms with van der Waals surface area (Å²) in [6, 6.07) is 118. The van der Waals surface area contributed by atoms with Crippen LogP contribution in [0.1, 0.15) is 25.0 Å². The Morgan fingerprint density at radius 1 is 0.289 bits per heavy atom. The summed E-state index contributed by atoms with van der Waals surface area (Å²) in [5, 5.41) is 2.37. The van der Waals surface area contributed by atoms with Gasteiger partial charge in [0.15, 0.2) is 11.6 Å². The fraction of sp³-hybridized carbons (Fsp3) is 0.0337. The molecule has 0 radical (unpaired) electrons. The van der Waals surface area contributed by atoms with E-state index in [1.807, 2.05) is 24.3 Å². The van der Waals surface area contributed by atoms with Crippen LogP contribution in [-0.4, -0.2) is 31.2 Å². The number of hydrogen-bond acceptors (Lipinski definition) is 6. The van der Waals surface area contributed by atoms with E-state index in [0.29, 0.717) is 11.6 Å². The summed E-state index contributed by atoms with van der Waals surface area (Å²) in [7, 11) is 0. The zero-order valence-corrected chi connectivity index (χ0v) is 53.4. The third kappa shape index (κ3) is 9.05. The first-order valence-electron chi connectivity index (χ1n) is 33.3. The maximum Gasteiger partial charge on any atom is 0.252 e. The lowest BCUT2D eigenvalue weighted by molar-refractivity contribution is 0.661. The summed E-state index contributed by atoms with van der Waals surface area (Å²) >= 11 is 0. The van der Waals surface area contributed by atoms with Crippen LogP contribution >= 0.6 is 0 Å². The first-order chi connectivity index (χ1) is 47.9. The van der Waals surface area contributed by atoms with Crippen LogP contribution in [0.3, 0.4) is 0 Å². The van der Waals surface area contributed by atoms with Crippen molar-refractivity contribution in [1.29, 1.82) is 0 Å². The van der Waals surface area contributed by atoms with Gasteiger partial charge in [0, 0.05) is 83.6 Å². The highest BCUT2D eigenvalue weighted by atomic mass is 15.2. The molecule has 0 saturated carbocycles. The molecule has 0 atom stereocenters. The molecule has 454 valence electrons. The van der Waals surface area contributed by atoms with E-state index >= 15 is 0 Å². The number of para-hydroxylation sites is 5. The van der Waals surface area contributed by atoms with Crippen LogP contribution in [0.5, 0.6) is 0 Å². The molecule has 0 fully saturated rings. The lowest BCUT2D eigenvalue weighted by atomic mass is 9.33. The van der Waals surface area contributed by atoms with E-state index < -0.39 is 0 Å². The van der Waals surface area contributed by atoms with E-state index in [2.05, 4.69) is 332 Å². The van der Waals surface area contributed by atoms with Gasteiger partial charge in [-0.25, -0.2) is 19.9 Å². The molecule has 8 heteroatoms. The van der Waals surface area contributed by atoms with Gasteiger partial charge < -0.3 is 14.4 Å². The van der Waals surface area contributed by atoms with Crippen molar-refractivity contribution in [3.63, 3.8) is 0 Å². The molecule has 3 aliphatic rings. The summed E-state index contributed by atoms with van der Waals surface area (Å²) in [5.74, 6) is 1.25. The van der Waals surface area contributed by atoms with Gasteiger partial charge in [-0.2, -0.15) is 0 Å². The van der Waals surface area contributed by atoms with Crippen molar-refractivity contribution in [2.45, 2.75) is 19.3 Å². The van der Waals surface area contributed by atoms with E-state index in [1.54, 1.807) is 0 Å². The SMILES string of the molecule is CC1(C)c2ccccc2-c2cc3c4ccccc4n(-c4ccc(-c5cc(-c6ccccc6)nc(-c6ccccc6)n5)cc4-c4cc(-c5ccccc5)nc(-c5cccc(-c6ccc7c8c6N(c6ccccc6)c6ccccc6B8c6ccccc6N7c6ccccc6)c5)n4)c3cc21. The van der Waals surface area contributed by atoms with Gasteiger partial charge in [-0.15, -0.1) is 0 Å². The van der Waals surface area contributed by atoms with Gasteiger partial charge in [-0.1, -0.05) is 250 Å². The third-order valence-electron chi connectivity index (χ3n) is 20.2. The standard InChI is InChI=1S/C89H60BN7/c1-89(2)71-41-20-18-39-66(71)68-53-69-67-40-19-23-44-79(67)97(84(69)54-72(68)89)80-49-47-61(77-55-75(57-27-8-3-9-28-57)91-87(93-77)59-31-12-5-13-32-59)52-70(80)78-56-76(58-29-10-4-11-30-58)92-88(94-78)62-34-26-33-60(51-62)65-48-50-83-85-86(65)96(64-37-16-7-17-38-64)82-46-25-22-43-74(82)90(85)73-42-21-24-45-81(73)95(83)63-35-14-6-15-36-63/h3-56H,1-2H3. The highest BCUT2D eigenvalue weighted by molar-refractivity contribution is 7.00. The van der Waals surface area contributed by atoms with Gasteiger partial charge in [0.1, 0.15) is 0 Å². The monoisotopic (exact) mass is 1240 g/mol. The van der Waals surface area contributed by atoms with Crippen molar-refractivity contribution in [3.05, 3.63) is 339 Å². The zero-order chi connectivity index (χ0) is 64.3. The minimum absolute atomic E-state index is 0.0469. The second-order valence-corrected chi connectivity index (χ2v) is 26.1. The average Bonchev–Trinajstić information content (AvgIpc) is 0.830. The van der Waals surface area contributed by atoms with Gasteiger partial charge in [0.25, 0.3) is 6.71 Å². The number of benzene rings is 13. The van der Waals surface area contributed by atoms with Gasteiger partial charge >= 0.3 is 0 Å². The van der Waals surface area contributed by atoms with E-state index in [0.717, 1.165) is 112 Å². The maximum absolute atomic E-state index is 5.86. The quantitative estimate of drug-likeness (QED) is 0.127. The molecule has 0 spiro atoms. The van der Waals surface area contributed by atoms with Crippen molar-refractivity contribution in [3.8, 4) is 95.7 Å². The highest BCUT2D eigenvalue weighted by Gasteiger charge is 2.44. The molecule has 0 unspecified atom stereocenters. The molecule has 5 heterocycles. The Kier molecular flexibility index (Phi) is 12.9. The van der Waals surface area contributed by atoms with Crippen LogP contribution in [0.15, 0.2) is 328 Å². The number of rotatable bonds is 10. The maximum atomic E-state index is 5.86. The minimum Gasteiger partial charge on any atom is -0.311 e. The number of nitrogens with zero attached hydrogens (tertiary/aromatic N) is 7. The fourth-order valence-electron chi connectivity index (χ4n) is 15.7. The first-order valence-corrected chi connectivity index (χ1v) is 33.3. The zero-order valence-electron chi connectivity index (χ0n) is 53.4. The molecule has 0 amide bonds. The molecule has 19 rings (SSSR count). The topological polar surface area (TPSA) is 63.0 Å². The fourth-order valence-corrected chi connectivity index (χ4v) is 15.7. The minimum atomic E-state index is -0.231. The molecule has 0 saturated heterocycles. The Bertz CT molecular complexity index is 5740. The molecule has 3 aromatic heterocycles. The van der Waals surface area contributed by atoms with Crippen molar-refractivity contribution >= 4 is 79.0 Å². The van der Waals surface area contributed by atoms with Crippen molar-refractivity contribution in [1.82, 2.24) is 24.5 Å². The predicted molar refractivity (Wildman–Crippen MR) is 402 cm³/mol.